The van der Waals surface area contributed by atoms with E-state index >= 15 is 0 Å². The van der Waals surface area contributed by atoms with Crippen LogP contribution in [0.4, 0.5) is 27.9 Å². The van der Waals surface area contributed by atoms with E-state index in [0.29, 0.717) is 18.8 Å². The molecule has 1 aromatic heterocycles. The molecule has 1 aromatic rings. The molecular formula is C12H13F5N4O. The first kappa shape index (κ1) is 16.4. The molecule has 0 saturated carbocycles. The quantitative estimate of drug-likeness (QED) is 0.680. The lowest BCUT2D eigenvalue weighted by atomic mass is 9.93. The molecule has 0 radical (unpaired) electrons. The predicted molar refractivity (Wildman–Crippen MR) is 66.2 cm³/mol. The molecule has 0 spiro atoms. The number of carbonyl (C=O) groups excluding carboxylic acids is 1. The normalized spacial score (nSPS) is 21.5. The Morgan fingerprint density at radius 2 is 2.00 bits per heavy atom. The van der Waals surface area contributed by atoms with E-state index < -0.39 is 30.1 Å². The Labute approximate surface area is 122 Å². The first-order chi connectivity index (χ1) is 10.2. The van der Waals surface area contributed by atoms with Gasteiger partial charge in [0.15, 0.2) is 0 Å². The third kappa shape index (κ3) is 3.80. The zero-order chi connectivity index (χ0) is 16.4. The molecule has 122 valence electrons. The van der Waals surface area contributed by atoms with Crippen molar-refractivity contribution in [2.45, 2.75) is 18.5 Å². The zero-order valence-corrected chi connectivity index (χ0v) is 11.3. The third-order valence-corrected chi connectivity index (χ3v) is 3.41. The van der Waals surface area contributed by atoms with Gasteiger partial charge in [0.25, 0.3) is 5.92 Å². The van der Waals surface area contributed by atoms with E-state index in [1.807, 2.05) is 0 Å². The highest BCUT2D eigenvalue weighted by Crippen LogP contribution is 2.32. The van der Waals surface area contributed by atoms with Gasteiger partial charge in [-0.15, -0.1) is 0 Å². The van der Waals surface area contributed by atoms with Gasteiger partial charge in [0, 0.05) is 31.4 Å². The molecule has 1 aliphatic rings. The number of nitrogens with zero attached hydrogens (tertiary/aromatic N) is 3. The van der Waals surface area contributed by atoms with Crippen LogP contribution < -0.4 is 5.32 Å². The second-order valence-electron chi connectivity index (χ2n) is 5.00. The van der Waals surface area contributed by atoms with Crippen LogP contribution in [0.5, 0.6) is 0 Å². The van der Waals surface area contributed by atoms with Gasteiger partial charge in [0.2, 0.25) is 12.4 Å². The fourth-order valence-corrected chi connectivity index (χ4v) is 2.13. The predicted octanol–water partition coefficient (Wildman–Crippen LogP) is 2.02. The molecule has 5 nitrogen and oxygen atoms in total. The van der Waals surface area contributed by atoms with Crippen molar-refractivity contribution >= 4 is 12.4 Å². The second kappa shape index (κ2) is 6.01. The molecule has 10 heteroatoms. The first-order valence-electron chi connectivity index (χ1n) is 6.42. The maximum Gasteiger partial charge on any atom is 0.419 e. The van der Waals surface area contributed by atoms with Crippen LogP contribution in [0.1, 0.15) is 12.0 Å². The highest BCUT2D eigenvalue weighted by atomic mass is 19.4. The summed E-state index contributed by atoms with van der Waals surface area (Å²) in [4.78, 5) is 18.4. The first-order valence-corrected chi connectivity index (χ1v) is 6.42. The van der Waals surface area contributed by atoms with Gasteiger partial charge in [-0.25, -0.2) is 18.7 Å². The van der Waals surface area contributed by atoms with E-state index in [9.17, 15) is 26.7 Å². The number of likely N-dealkylation sites (tertiary alicyclic amines) is 1. The summed E-state index contributed by atoms with van der Waals surface area (Å²) >= 11 is 0. The second-order valence-corrected chi connectivity index (χ2v) is 5.00. The van der Waals surface area contributed by atoms with E-state index in [2.05, 4.69) is 15.3 Å². The number of alkyl halides is 5. The number of hydrogen-bond acceptors (Lipinski definition) is 4. The Kier molecular flexibility index (Phi) is 4.47. The maximum atomic E-state index is 13.8. The summed E-state index contributed by atoms with van der Waals surface area (Å²) in [6.07, 6.45) is -2.92. The van der Waals surface area contributed by atoms with Crippen molar-refractivity contribution in [2.24, 2.45) is 5.92 Å². The molecule has 2 heterocycles. The van der Waals surface area contributed by atoms with Crippen LogP contribution in [0.15, 0.2) is 12.4 Å². The lowest BCUT2D eigenvalue weighted by Crippen LogP contribution is -2.50. The summed E-state index contributed by atoms with van der Waals surface area (Å²) in [7, 11) is 0. The maximum absolute atomic E-state index is 13.8. The monoisotopic (exact) mass is 324 g/mol. The lowest BCUT2D eigenvalue weighted by molar-refractivity contribution is -0.138. The molecule has 1 amide bonds. The van der Waals surface area contributed by atoms with Crippen LogP contribution in [0.3, 0.4) is 0 Å². The summed E-state index contributed by atoms with van der Waals surface area (Å²) < 4.78 is 64.6. The zero-order valence-electron chi connectivity index (χ0n) is 11.3. The molecule has 1 atom stereocenters. The third-order valence-electron chi connectivity index (χ3n) is 3.41. The van der Waals surface area contributed by atoms with Gasteiger partial charge in [-0.3, -0.25) is 4.79 Å². The van der Waals surface area contributed by atoms with E-state index in [4.69, 9.17) is 0 Å². The van der Waals surface area contributed by atoms with Crippen molar-refractivity contribution in [2.75, 3.05) is 25.0 Å². The van der Waals surface area contributed by atoms with Crippen LogP contribution in [-0.4, -0.2) is 46.8 Å². The van der Waals surface area contributed by atoms with Crippen LogP contribution in [0.2, 0.25) is 0 Å². The fourth-order valence-electron chi connectivity index (χ4n) is 2.13. The van der Waals surface area contributed by atoms with Gasteiger partial charge >= 0.3 is 6.18 Å². The van der Waals surface area contributed by atoms with Gasteiger partial charge < -0.3 is 10.2 Å². The van der Waals surface area contributed by atoms with E-state index in [1.165, 1.54) is 0 Å². The van der Waals surface area contributed by atoms with Gasteiger partial charge in [0.1, 0.15) is 0 Å². The number of aromatic nitrogens is 2. The average Bonchev–Trinajstić information content (AvgIpc) is 2.44. The van der Waals surface area contributed by atoms with Crippen molar-refractivity contribution in [1.29, 1.82) is 0 Å². The van der Waals surface area contributed by atoms with E-state index in [0.717, 1.165) is 4.90 Å². The van der Waals surface area contributed by atoms with Crippen LogP contribution in [-0.2, 0) is 11.0 Å². The minimum atomic E-state index is -4.55. The molecule has 0 aliphatic carbocycles. The molecule has 1 N–H and O–H groups in total. The fraction of sp³-hybridized carbons (Fsp3) is 0.583. The van der Waals surface area contributed by atoms with Crippen molar-refractivity contribution in [3.8, 4) is 0 Å². The van der Waals surface area contributed by atoms with Crippen LogP contribution in [0.25, 0.3) is 0 Å². The summed E-state index contributed by atoms with van der Waals surface area (Å²) in [6, 6.07) is 0. The molecule has 1 unspecified atom stereocenters. The number of piperidine rings is 1. The van der Waals surface area contributed by atoms with Crippen molar-refractivity contribution in [3.63, 3.8) is 0 Å². The highest BCUT2D eigenvalue weighted by Gasteiger charge is 2.44. The largest absolute Gasteiger partial charge is 0.419 e. The van der Waals surface area contributed by atoms with E-state index in [1.54, 1.807) is 0 Å². The number of rotatable bonds is 4. The minimum absolute atomic E-state index is 0.0827. The highest BCUT2D eigenvalue weighted by molar-refractivity contribution is 5.47. The van der Waals surface area contributed by atoms with E-state index in [-0.39, 0.29) is 25.5 Å². The number of carbonyl (C=O) groups is 1. The molecule has 2 rings (SSSR count). The molecule has 22 heavy (non-hydrogen) atoms. The average molecular weight is 324 g/mol. The Balaban J connectivity index is 1.94. The Hall–Kier alpha value is -2.00. The molecule has 1 aliphatic heterocycles. The van der Waals surface area contributed by atoms with Crippen molar-refractivity contribution < 1.29 is 26.7 Å². The van der Waals surface area contributed by atoms with Crippen LogP contribution in [0, 0.1) is 5.92 Å². The molecule has 1 saturated heterocycles. The lowest BCUT2D eigenvalue weighted by Gasteiger charge is -2.36. The van der Waals surface area contributed by atoms with Crippen molar-refractivity contribution in [3.05, 3.63) is 18.0 Å². The van der Waals surface area contributed by atoms with Crippen LogP contribution >= 0.6 is 0 Å². The number of amides is 1. The molecule has 1 fully saturated rings. The molecule has 0 bridgehead atoms. The standard InChI is InChI=1S/C12H13F5N4O/c13-11(14)6-21(7-22)2-1-8(11)3-18-10-19-4-9(5-20-10)12(15,16)17/h4-5,7-8H,1-3,6H2,(H,18,19,20). The van der Waals surface area contributed by atoms with Crippen molar-refractivity contribution in [1.82, 2.24) is 14.9 Å². The van der Waals surface area contributed by atoms with Gasteiger partial charge in [-0.2, -0.15) is 13.2 Å². The number of halogens is 5. The smallest absolute Gasteiger partial charge is 0.354 e. The van der Waals surface area contributed by atoms with Gasteiger partial charge in [-0.1, -0.05) is 0 Å². The number of hydrogen-bond donors (Lipinski definition) is 1. The Morgan fingerprint density at radius 1 is 1.36 bits per heavy atom. The van der Waals surface area contributed by atoms with Gasteiger partial charge in [-0.05, 0) is 6.42 Å². The summed E-state index contributed by atoms with van der Waals surface area (Å²) in [5.41, 5.74) is -1.01. The summed E-state index contributed by atoms with van der Waals surface area (Å²) in [6.45, 7) is -0.652. The SMILES string of the molecule is O=CN1CCC(CNc2ncc(C(F)(F)F)cn2)C(F)(F)C1. The number of anilines is 1. The summed E-state index contributed by atoms with van der Waals surface area (Å²) in [5, 5.41) is 2.51. The Morgan fingerprint density at radius 3 is 2.50 bits per heavy atom. The number of nitrogens with one attached hydrogen (secondary N) is 1. The van der Waals surface area contributed by atoms with Gasteiger partial charge in [0.05, 0.1) is 12.1 Å². The molecular weight excluding hydrogens is 311 g/mol. The Bertz CT molecular complexity index is 519. The minimum Gasteiger partial charge on any atom is -0.354 e. The topological polar surface area (TPSA) is 58.1 Å². The summed E-state index contributed by atoms with van der Waals surface area (Å²) in [5.74, 6) is -4.27. The molecule has 0 aromatic carbocycles.